The summed E-state index contributed by atoms with van der Waals surface area (Å²) >= 11 is 0. The average molecular weight is 91.2 g/mol. The van der Waals surface area contributed by atoms with Crippen LogP contribution in [0.25, 0.3) is 0 Å². The summed E-state index contributed by atoms with van der Waals surface area (Å²) < 4.78 is 0. The van der Waals surface area contributed by atoms with E-state index in [4.69, 9.17) is 15.9 Å². The fraction of sp³-hybridized carbons (Fsp3) is 1.00. The van der Waals surface area contributed by atoms with E-state index in [0.717, 1.165) is 0 Å². The minimum Gasteiger partial charge on any atom is -0.418 e. The normalized spacial score (nSPS) is 9.60. The van der Waals surface area contributed by atoms with Crippen LogP contribution in [0.5, 0.6) is 0 Å². The second kappa shape index (κ2) is 2.34. The molecule has 0 aliphatic carbocycles. The third kappa shape index (κ3) is 4.10. The molecular formula is CH7N2OSi. The standard InChI is InChI=1S/CH7N2OSi/c2-1-5(3)4/h4H,1-3H2. The van der Waals surface area contributed by atoms with Gasteiger partial charge in [0.25, 0.3) is 0 Å². The van der Waals surface area contributed by atoms with Crippen LogP contribution in [0.15, 0.2) is 0 Å². The maximum Gasteiger partial charge on any atom is 0.311 e. The number of nitrogens with two attached hydrogens (primary N) is 2. The van der Waals surface area contributed by atoms with Gasteiger partial charge in [-0.1, -0.05) is 0 Å². The molecule has 0 saturated heterocycles. The van der Waals surface area contributed by atoms with Gasteiger partial charge >= 0.3 is 9.20 Å². The lowest BCUT2D eigenvalue weighted by Gasteiger charge is -1.85. The molecule has 0 unspecified atom stereocenters. The average Bonchev–Trinajstić information content (AvgIpc) is 1.38. The Kier molecular flexibility index (Phi) is 2.39. The van der Waals surface area contributed by atoms with Gasteiger partial charge in [-0.3, -0.25) is 0 Å². The molecular weight excluding hydrogens is 84.1 g/mol. The van der Waals surface area contributed by atoms with E-state index >= 15 is 0 Å². The summed E-state index contributed by atoms with van der Waals surface area (Å²) in [7, 11) is -1.60. The Morgan fingerprint density at radius 2 is 2.00 bits per heavy atom. The van der Waals surface area contributed by atoms with Crippen LogP contribution in [0.3, 0.4) is 0 Å². The van der Waals surface area contributed by atoms with E-state index in [-0.39, 0.29) is 6.17 Å². The first-order valence-electron chi connectivity index (χ1n) is 1.27. The van der Waals surface area contributed by atoms with Gasteiger partial charge < -0.3 is 15.9 Å². The third-order valence-corrected chi connectivity index (χ3v) is 0.627. The van der Waals surface area contributed by atoms with Crippen molar-refractivity contribution in [2.75, 3.05) is 6.17 Å². The molecule has 0 aromatic carbocycles. The summed E-state index contributed by atoms with van der Waals surface area (Å²) in [6, 6.07) is 0. The van der Waals surface area contributed by atoms with Gasteiger partial charge in [0.1, 0.15) is 0 Å². The molecule has 0 amide bonds. The van der Waals surface area contributed by atoms with E-state index in [0.29, 0.717) is 0 Å². The summed E-state index contributed by atoms with van der Waals surface area (Å²) in [5.41, 5.74) is 4.84. The molecule has 0 atom stereocenters. The van der Waals surface area contributed by atoms with E-state index in [1.165, 1.54) is 0 Å². The minimum atomic E-state index is -1.60. The topological polar surface area (TPSA) is 72.3 Å². The lowest BCUT2D eigenvalue weighted by Crippen LogP contribution is -2.34. The first kappa shape index (κ1) is 5.10. The molecule has 0 rings (SSSR count). The van der Waals surface area contributed by atoms with Crippen LogP contribution < -0.4 is 11.1 Å². The van der Waals surface area contributed by atoms with Gasteiger partial charge in [0.2, 0.25) is 0 Å². The second-order valence-electron chi connectivity index (χ2n) is 0.695. The van der Waals surface area contributed by atoms with Gasteiger partial charge in [0.05, 0.1) is 0 Å². The molecule has 4 heteroatoms. The molecule has 5 heavy (non-hydrogen) atoms. The Labute approximate surface area is 32.4 Å². The number of hydrogen-bond acceptors (Lipinski definition) is 3. The Morgan fingerprint density at radius 3 is 2.00 bits per heavy atom. The van der Waals surface area contributed by atoms with Crippen molar-refractivity contribution in [3.8, 4) is 0 Å². The van der Waals surface area contributed by atoms with Crippen LogP contribution in [0.2, 0.25) is 0 Å². The Balaban J connectivity index is 2.54. The quantitative estimate of drug-likeness (QED) is 0.324. The van der Waals surface area contributed by atoms with Crippen molar-refractivity contribution in [2.45, 2.75) is 0 Å². The zero-order valence-electron chi connectivity index (χ0n) is 2.81. The third-order valence-electron chi connectivity index (χ3n) is 0.209. The van der Waals surface area contributed by atoms with Crippen LogP contribution in [0.1, 0.15) is 0 Å². The fourth-order valence-electron chi connectivity index (χ4n) is 0. The van der Waals surface area contributed by atoms with Gasteiger partial charge in [-0.05, 0) is 0 Å². The van der Waals surface area contributed by atoms with Crippen molar-refractivity contribution >= 4 is 9.20 Å². The fourth-order valence-corrected chi connectivity index (χ4v) is 0. The summed E-state index contributed by atoms with van der Waals surface area (Å²) in [6.45, 7) is 0. The molecule has 0 aromatic rings. The summed E-state index contributed by atoms with van der Waals surface area (Å²) in [4.78, 5) is 8.12. The van der Waals surface area contributed by atoms with Crippen molar-refractivity contribution in [3.05, 3.63) is 0 Å². The molecule has 0 saturated carbocycles. The van der Waals surface area contributed by atoms with E-state index in [9.17, 15) is 0 Å². The molecule has 0 aliphatic heterocycles. The van der Waals surface area contributed by atoms with Crippen LogP contribution in [-0.4, -0.2) is 20.2 Å². The second-order valence-corrected chi connectivity index (χ2v) is 2.09. The molecule has 3 nitrogen and oxygen atoms in total. The van der Waals surface area contributed by atoms with Crippen molar-refractivity contribution < 1.29 is 4.80 Å². The Morgan fingerprint density at radius 1 is 1.80 bits per heavy atom. The van der Waals surface area contributed by atoms with Crippen molar-refractivity contribution in [1.82, 2.24) is 0 Å². The molecule has 31 valence electrons. The highest BCUT2D eigenvalue weighted by atomic mass is 28.3. The molecule has 0 spiro atoms. The monoisotopic (exact) mass is 91.0 g/mol. The zero-order valence-corrected chi connectivity index (χ0v) is 3.81. The lowest BCUT2D eigenvalue weighted by molar-refractivity contribution is 0.572. The van der Waals surface area contributed by atoms with Crippen molar-refractivity contribution in [3.63, 3.8) is 0 Å². The zero-order chi connectivity index (χ0) is 4.28. The summed E-state index contributed by atoms with van der Waals surface area (Å²) in [6.07, 6.45) is 0.241. The number of hydrogen-bond donors (Lipinski definition) is 3. The van der Waals surface area contributed by atoms with Gasteiger partial charge in [0.15, 0.2) is 0 Å². The lowest BCUT2D eigenvalue weighted by atomic mass is 11.5. The van der Waals surface area contributed by atoms with Crippen LogP contribution >= 0.6 is 0 Å². The first-order chi connectivity index (χ1) is 2.27. The van der Waals surface area contributed by atoms with E-state index in [1.54, 1.807) is 0 Å². The van der Waals surface area contributed by atoms with E-state index in [1.807, 2.05) is 0 Å². The SMILES string of the molecule is NC[Si](N)O. The van der Waals surface area contributed by atoms with Crippen LogP contribution in [0.4, 0.5) is 0 Å². The molecule has 0 aromatic heterocycles. The van der Waals surface area contributed by atoms with Gasteiger partial charge in [-0.2, -0.15) is 0 Å². The van der Waals surface area contributed by atoms with Gasteiger partial charge in [0, 0.05) is 6.17 Å². The summed E-state index contributed by atoms with van der Waals surface area (Å²) in [5, 5.41) is 4.82. The van der Waals surface area contributed by atoms with Crippen LogP contribution in [-0.2, 0) is 0 Å². The molecule has 0 bridgehead atoms. The van der Waals surface area contributed by atoms with E-state index < -0.39 is 9.20 Å². The van der Waals surface area contributed by atoms with Gasteiger partial charge in [-0.15, -0.1) is 0 Å². The van der Waals surface area contributed by atoms with E-state index in [2.05, 4.69) is 0 Å². The molecule has 0 aliphatic rings. The molecule has 1 radical (unpaired) electrons. The summed E-state index contributed by atoms with van der Waals surface area (Å²) in [5.74, 6) is 0. The highest BCUT2D eigenvalue weighted by Crippen LogP contribution is 1.43. The highest BCUT2D eigenvalue weighted by molar-refractivity contribution is 6.46. The molecule has 0 fully saturated rings. The molecule has 0 heterocycles. The molecule has 5 N–H and O–H groups in total. The van der Waals surface area contributed by atoms with Crippen molar-refractivity contribution in [2.24, 2.45) is 11.1 Å². The maximum atomic E-state index is 8.12. The number of rotatable bonds is 1. The predicted molar refractivity (Wildman–Crippen MR) is 21.2 cm³/mol. The first-order valence-corrected chi connectivity index (χ1v) is 3.01. The smallest absolute Gasteiger partial charge is 0.311 e. The minimum absolute atomic E-state index is 0.241. The highest BCUT2D eigenvalue weighted by Gasteiger charge is 1.90. The predicted octanol–water partition coefficient (Wildman–Crippen LogP) is -2.08. The largest absolute Gasteiger partial charge is 0.418 e. The van der Waals surface area contributed by atoms with Gasteiger partial charge in [-0.25, -0.2) is 0 Å². The Hall–Kier alpha value is 0.0969. The van der Waals surface area contributed by atoms with Crippen molar-refractivity contribution in [1.29, 1.82) is 0 Å². The Bertz CT molecular complexity index is 23.6. The maximum absolute atomic E-state index is 8.12. The van der Waals surface area contributed by atoms with Crippen LogP contribution in [0, 0.1) is 0 Å².